The average Bonchev–Trinajstić information content (AvgIpc) is 2.95. The maximum absolute atomic E-state index is 12.0. The molecule has 0 heterocycles. The molecule has 1 fully saturated rings. The van der Waals surface area contributed by atoms with Crippen LogP contribution in [-0.2, 0) is 38.3 Å². The van der Waals surface area contributed by atoms with Crippen LogP contribution in [0.2, 0.25) is 0 Å². The number of rotatable bonds is 17. The predicted molar refractivity (Wildman–Crippen MR) is 151 cm³/mol. The van der Waals surface area contributed by atoms with E-state index in [1.165, 1.54) is 42.4 Å². The van der Waals surface area contributed by atoms with Crippen LogP contribution in [0, 0.1) is 17.8 Å². The van der Waals surface area contributed by atoms with Crippen molar-refractivity contribution in [3.05, 3.63) is 59.2 Å². The molecule has 0 amide bonds. The van der Waals surface area contributed by atoms with Gasteiger partial charge < -0.3 is 19.7 Å². The lowest BCUT2D eigenvalue weighted by Gasteiger charge is -2.33. The van der Waals surface area contributed by atoms with Gasteiger partial charge >= 0.3 is 11.9 Å². The van der Waals surface area contributed by atoms with E-state index in [4.69, 9.17) is 19.7 Å². The molecule has 0 spiro atoms. The van der Waals surface area contributed by atoms with E-state index in [9.17, 15) is 9.59 Å². The average molecular weight is 529 g/mol. The summed E-state index contributed by atoms with van der Waals surface area (Å²) in [4.78, 5) is 24.1. The summed E-state index contributed by atoms with van der Waals surface area (Å²) in [6.45, 7) is 10.8. The number of hydrogen-bond acceptors (Lipinski definition) is 6. The fraction of sp³-hybridized carbons (Fsp3) is 0.625. The Bertz CT molecular complexity index is 881. The van der Waals surface area contributed by atoms with E-state index in [0.29, 0.717) is 5.92 Å². The van der Waals surface area contributed by atoms with Crippen molar-refractivity contribution in [3.63, 3.8) is 0 Å². The van der Waals surface area contributed by atoms with Crippen molar-refractivity contribution >= 4 is 11.9 Å². The molecule has 0 radical (unpaired) electrons. The van der Waals surface area contributed by atoms with E-state index in [1.807, 2.05) is 0 Å². The number of carbonyl (C=O) groups excluding carboxylic acids is 2. The van der Waals surface area contributed by atoms with Crippen LogP contribution in [0.5, 0.6) is 0 Å². The Labute approximate surface area is 229 Å². The Balaban J connectivity index is 1.91. The van der Waals surface area contributed by atoms with Crippen molar-refractivity contribution in [3.8, 4) is 0 Å². The van der Waals surface area contributed by atoms with Gasteiger partial charge in [-0.2, -0.15) is 0 Å². The van der Waals surface area contributed by atoms with Crippen molar-refractivity contribution in [1.29, 1.82) is 0 Å². The molecule has 1 saturated carbocycles. The Morgan fingerprint density at radius 2 is 1.50 bits per heavy atom. The zero-order valence-corrected chi connectivity index (χ0v) is 23.5. The number of aliphatic hydroxyl groups excluding tert-OH is 2. The summed E-state index contributed by atoms with van der Waals surface area (Å²) >= 11 is 0. The smallest absolute Gasteiger partial charge is 0.335 e. The van der Waals surface area contributed by atoms with Gasteiger partial charge in [-0.3, -0.25) is 0 Å². The van der Waals surface area contributed by atoms with Gasteiger partial charge in [0.25, 0.3) is 0 Å². The van der Waals surface area contributed by atoms with Gasteiger partial charge in [-0.25, -0.2) is 9.59 Å². The Morgan fingerprint density at radius 1 is 0.895 bits per heavy atom. The molecule has 6 nitrogen and oxygen atoms in total. The Kier molecular flexibility index (Phi) is 14.4. The van der Waals surface area contributed by atoms with Gasteiger partial charge in [-0.1, -0.05) is 70.9 Å². The first-order valence-corrected chi connectivity index (χ1v) is 14.3. The number of ether oxygens (including phenoxy) is 2. The third-order valence-electron chi connectivity index (χ3n) is 7.92. The lowest BCUT2D eigenvalue weighted by molar-refractivity contribution is -0.146. The van der Waals surface area contributed by atoms with E-state index < -0.39 is 25.2 Å². The van der Waals surface area contributed by atoms with Crippen molar-refractivity contribution < 1.29 is 29.3 Å². The van der Waals surface area contributed by atoms with Crippen LogP contribution < -0.4 is 0 Å². The molecule has 2 rings (SSSR count). The third kappa shape index (κ3) is 10.4. The fourth-order valence-electron chi connectivity index (χ4n) is 5.31. The van der Waals surface area contributed by atoms with Crippen LogP contribution in [-0.4, -0.2) is 48.6 Å². The Morgan fingerprint density at radius 3 is 2.03 bits per heavy atom. The van der Waals surface area contributed by atoms with Gasteiger partial charge in [-0.05, 0) is 73.5 Å². The third-order valence-corrected chi connectivity index (χ3v) is 7.92. The molecule has 1 aromatic carbocycles. The summed E-state index contributed by atoms with van der Waals surface area (Å²) in [7, 11) is 0. The lowest BCUT2D eigenvalue weighted by Crippen LogP contribution is -2.31. The van der Waals surface area contributed by atoms with Gasteiger partial charge in [0.05, 0.1) is 37.6 Å². The van der Waals surface area contributed by atoms with E-state index in [1.54, 1.807) is 0 Å². The fourth-order valence-corrected chi connectivity index (χ4v) is 5.31. The van der Waals surface area contributed by atoms with E-state index in [-0.39, 0.29) is 36.2 Å². The molecule has 0 aliphatic heterocycles. The summed E-state index contributed by atoms with van der Waals surface area (Å²) < 4.78 is 10.7. The quantitative estimate of drug-likeness (QED) is 0.157. The summed E-state index contributed by atoms with van der Waals surface area (Å²) in [6, 6.07) is 7.06. The number of unbranched alkanes of at least 4 members (excludes halogenated alkanes) is 2. The largest absolute Gasteiger partial charge is 0.462 e. The summed E-state index contributed by atoms with van der Waals surface area (Å²) in [5.74, 6) is -0.533. The summed E-state index contributed by atoms with van der Waals surface area (Å²) in [5, 5.41) is 18.3. The number of esters is 2. The highest BCUT2D eigenvalue weighted by molar-refractivity contribution is 5.88. The standard InChI is InChI=1S/C32H48O6/c1-5-7-8-9-26-13-17-28(27(6-2)18-26)14-10-25-11-15-29(16-12-25)30(21-37-31(35)23(3)19-33)22-38-32(36)24(4)20-34/h13,17-18,25,29-30,33-34H,3-12,14-16,19-22H2,1-2H3. The monoisotopic (exact) mass is 528 g/mol. The van der Waals surface area contributed by atoms with Crippen LogP contribution in [0.15, 0.2) is 42.5 Å². The van der Waals surface area contributed by atoms with Gasteiger partial charge in [-0.15, -0.1) is 0 Å². The molecule has 1 aliphatic carbocycles. The molecule has 6 heteroatoms. The van der Waals surface area contributed by atoms with Crippen LogP contribution >= 0.6 is 0 Å². The van der Waals surface area contributed by atoms with Crippen LogP contribution in [0.1, 0.15) is 81.9 Å². The number of aliphatic hydroxyl groups is 2. The molecule has 1 aromatic rings. The molecule has 0 atom stereocenters. The van der Waals surface area contributed by atoms with E-state index in [0.717, 1.165) is 44.9 Å². The highest BCUT2D eigenvalue weighted by atomic mass is 16.5. The van der Waals surface area contributed by atoms with Gasteiger partial charge in [0.15, 0.2) is 0 Å². The molecule has 212 valence electrons. The predicted octanol–water partition coefficient (Wildman–Crippen LogP) is 5.52. The number of carbonyl (C=O) groups is 2. The first-order valence-electron chi connectivity index (χ1n) is 14.3. The maximum atomic E-state index is 12.0. The molecule has 0 unspecified atom stereocenters. The van der Waals surface area contributed by atoms with E-state index >= 15 is 0 Å². The highest BCUT2D eigenvalue weighted by Gasteiger charge is 2.30. The molecule has 1 aliphatic rings. The maximum Gasteiger partial charge on any atom is 0.335 e. The van der Waals surface area contributed by atoms with Crippen LogP contribution in [0.4, 0.5) is 0 Å². The minimum Gasteiger partial charge on any atom is -0.462 e. The molecule has 2 N–H and O–H groups in total. The number of aryl methyl sites for hydroxylation is 3. The topological polar surface area (TPSA) is 93.1 Å². The zero-order valence-electron chi connectivity index (χ0n) is 23.5. The minimum absolute atomic E-state index is 0.00134. The van der Waals surface area contributed by atoms with Crippen molar-refractivity contribution in [2.24, 2.45) is 17.8 Å². The SMILES string of the molecule is C=C(CO)C(=O)OCC(COC(=O)C(=C)CO)C1CCC(CCc2ccc(CCCCC)cc2CC)CC1. The number of hydrogen-bond donors (Lipinski definition) is 2. The molecule has 0 saturated heterocycles. The summed E-state index contributed by atoms with van der Waals surface area (Å²) in [5.41, 5.74) is 4.40. The van der Waals surface area contributed by atoms with Crippen molar-refractivity contribution in [2.45, 2.75) is 84.5 Å². The van der Waals surface area contributed by atoms with Crippen molar-refractivity contribution in [1.82, 2.24) is 0 Å². The first-order chi connectivity index (χ1) is 18.3. The van der Waals surface area contributed by atoms with Crippen LogP contribution in [0.3, 0.4) is 0 Å². The van der Waals surface area contributed by atoms with Gasteiger partial charge in [0, 0.05) is 5.92 Å². The van der Waals surface area contributed by atoms with Crippen LogP contribution in [0.25, 0.3) is 0 Å². The number of benzene rings is 1. The molecule has 38 heavy (non-hydrogen) atoms. The molecule has 0 aromatic heterocycles. The van der Waals surface area contributed by atoms with Crippen molar-refractivity contribution in [2.75, 3.05) is 26.4 Å². The van der Waals surface area contributed by atoms with Gasteiger partial charge in [0.1, 0.15) is 0 Å². The Hall–Kier alpha value is -2.44. The second kappa shape index (κ2) is 17.2. The first kappa shape index (κ1) is 31.8. The lowest BCUT2D eigenvalue weighted by atomic mass is 9.74. The normalized spacial score (nSPS) is 17.3. The van der Waals surface area contributed by atoms with Gasteiger partial charge in [0.2, 0.25) is 0 Å². The molecule has 0 bridgehead atoms. The molecular weight excluding hydrogens is 480 g/mol. The van der Waals surface area contributed by atoms with E-state index in [2.05, 4.69) is 45.2 Å². The second-order valence-electron chi connectivity index (χ2n) is 10.7. The molecular formula is C32H48O6. The zero-order chi connectivity index (χ0) is 27.9. The minimum atomic E-state index is -0.639. The highest BCUT2D eigenvalue weighted by Crippen LogP contribution is 2.36. The summed E-state index contributed by atoms with van der Waals surface area (Å²) in [6.07, 6.45) is 12.4. The second-order valence-corrected chi connectivity index (χ2v) is 10.7.